The van der Waals surface area contributed by atoms with Gasteiger partial charge in [-0.2, -0.15) is 0 Å². The summed E-state index contributed by atoms with van der Waals surface area (Å²) in [5.74, 6) is -3.54. The molecular formula is C18H20N2O6. The molecule has 0 aliphatic carbocycles. The fourth-order valence-electron chi connectivity index (χ4n) is 2.59. The van der Waals surface area contributed by atoms with E-state index in [4.69, 9.17) is 20.4 Å². The zero-order chi connectivity index (χ0) is 19.1. The van der Waals surface area contributed by atoms with Crippen molar-refractivity contribution in [2.24, 2.45) is 0 Å². The van der Waals surface area contributed by atoms with Crippen LogP contribution in [0.15, 0.2) is 48.7 Å². The Balaban J connectivity index is 0.000000213. The number of pyridine rings is 1. The Morgan fingerprint density at radius 2 is 1.62 bits per heavy atom. The lowest BCUT2D eigenvalue weighted by Crippen LogP contribution is -2.39. The molecule has 1 aliphatic heterocycles. The average molecular weight is 360 g/mol. The van der Waals surface area contributed by atoms with Crippen molar-refractivity contribution in [3.05, 3.63) is 65.5 Å². The average Bonchev–Trinajstić information content (AvgIpc) is 2.67. The van der Waals surface area contributed by atoms with Gasteiger partial charge in [0, 0.05) is 12.7 Å². The molecule has 5 N–H and O–H groups in total. The van der Waals surface area contributed by atoms with E-state index in [9.17, 15) is 9.59 Å². The highest BCUT2D eigenvalue weighted by Gasteiger charge is 2.29. The SMILES string of the molecule is O=C(O)[C@@H](O)[C@H](O)C(=O)O.c1ccc([C@@H]2NCCc3ccccc32)nc1. The summed E-state index contributed by atoms with van der Waals surface area (Å²) in [4.78, 5) is 24.0. The smallest absolute Gasteiger partial charge is 0.335 e. The molecule has 0 amide bonds. The van der Waals surface area contributed by atoms with Crippen molar-refractivity contribution in [1.82, 2.24) is 10.3 Å². The van der Waals surface area contributed by atoms with Gasteiger partial charge in [-0.25, -0.2) is 9.59 Å². The van der Waals surface area contributed by atoms with Crippen LogP contribution in [-0.2, 0) is 16.0 Å². The third-order valence-corrected chi connectivity index (χ3v) is 3.90. The Hall–Kier alpha value is -2.81. The first kappa shape index (κ1) is 19.5. The van der Waals surface area contributed by atoms with Gasteiger partial charge in [0.1, 0.15) is 0 Å². The predicted octanol–water partition coefficient (Wildman–Crippen LogP) is 0.194. The second-order valence-corrected chi connectivity index (χ2v) is 5.66. The summed E-state index contributed by atoms with van der Waals surface area (Å²) in [5.41, 5.74) is 3.92. The molecule has 2 heterocycles. The van der Waals surface area contributed by atoms with Crippen molar-refractivity contribution in [3.63, 3.8) is 0 Å². The van der Waals surface area contributed by atoms with Crippen LogP contribution in [0.25, 0.3) is 0 Å². The lowest BCUT2D eigenvalue weighted by Gasteiger charge is -2.26. The molecule has 0 spiro atoms. The van der Waals surface area contributed by atoms with Gasteiger partial charge < -0.3 is 25.7 Å². The summed E-state index contributed by atoms with van der Waals surface area (Å²) in [7, 11) is 0. The molecule has 26 heavy (non-hydrogen) atoms. The van der Waals surface area contributed by atoms with Crippen LogP contribution in [-0.4, -0.2) is 56.1 Å². The molecule has 138 valence electrons. The van der Waals surface area contributed by atoms with Crippen molar-refractivity contribution in [2.45, 2.75) is 24.7 Å². The van der Waals surface area contributed by atoms with Crippen LogP contribution in [0.5, 0.6) is 0 Å². The minimum atomic E-state index is -2.27. The zero-order valence-electron chi connectivity index (χ0n) is 13.8. The standard InChI is InChI=1S/C14H14N2.C4H6O6/c1-2-6-12-11(5-1)8-10-16-14(12)13-7-3-4-9-15-13;5-1(3(7)8)2(6)4(9)10/h1-7,9,14,16H,8,10H2;1-2,5-6H,(H,7,8)(H,9,10)/t14-;1-,2-/m10/s1. The Morgan fingerprint density at radius 1 is 1.00 bits per heavy atom. The fraction of sp³-hybridized carbons (Fsp3) is 0.278. The van der Waals surface area contributed by atoms with Crippen LogP contribution < -0.4 is 5.32 Å². The van der Waals surface area contributed by atoms with Crippen molar-refractivity contribution in [3.8, 4) is 0 Å². The summed E-state index contributed by atoms with van der Waals surface area (Å²) in [5, 5.41) is 36.1. The van der Waals surface area contributed by atoms with E-state index in [2.05, 4.69) is 40.6 Å². The number of carbonyl (C=O) groups is 2. The molecule has 0 radical (unpaired) electrons. The summed E-state index contributed by atoms with van der Waals surface area (Å²) >= 11 is 0. The fourth-order valence-corrected chi connectivity index (χ4v) is 2.59. The molecule has 8 heteroatoms. The predicted molar refractivity (Wildman–Crippen MR) is 91.5 cm³/mol. The van der Waals surface area contributed by atoms with Crippen LogP contribution in [0.3, 0.4) is 0 Å². The highest BCUT2D eigenvalue weighted by Crippen LogP contribution is 2.26. The third kappa shape index (κ3) is 4.85. The lowest BCUT2D eigenvalue weighted by molar-refractivity contribution is -0.165. The first-order chi connectivity index (χ1) is 12.4. The number of nitrogens with zero attached hydrogens (tertiary/aromatic N) is 1. The molecule has 0 bridgehead atoms. The van der Waals surface area contributed by atoms with Crippen molar-refractivity contribution >= 4 is 11.9 Å². The van der Waals surface area contributed by atoms with Gasteiger partial charge in [0.15, 0.2) is 12.2 Å². The monoisotopic (exact) mass is 360 g/mol. The lowest BCUT2D eigenvalue weighted by atomic mass is 9.92. The minimum absolute atomic E-state index is 0.256. The number of nitrogens with one attached hydrogen (secondary N) is 1. The number of hydrogen-bond donors (Lipinski definition) is 5. The first-order valence-electron chi connectivity index (χ1n) is 7.95. The number of aliphatic carboxylic acids is 2. The van der Waals surface area contributed by atoms with Crippen LogP contribution >= 0.6 is 0 Å². The number of aliphatic hydroxyl groups is 2. The summed E-state index contributed by atoms with van der Waals surface area (Å²) in [6.45, 7) is 1.03. The van der Waals surface area contributed by atoms with Crippen molar-refractivity contribution in [1.29, 1.82) is 0 Å². The number of carboxylic acid groups (broad SMARTS) is 2. The van der Waals surface area contributed by atoms with Gasteiger partial charge in [0.05, 0.1) is 11.7 Å². The Kier molecular flexibility index (Phi) is 6.79. The Bertz CT molecular complexity index is 734. The van der Waals surface area contributed by atoms with E-state index >= 15 is 0 Å². The van der Waals surface area contributed by atoms with E-state index in [1.807, 2.05) is 18.3 Å². The van der Waals surface area contributed by atoms with Gasteiger partial charge in [0.25, 0.3) is 0 Å². The molecule has 0 unspecified atom stereocenters. The van der Waals surface area contributed by atoms with Gasteiger partial charge >= 0.3 is 11.9 Å². The maximum atomic E-state index is 9.77. The number of rotatable bonds is 4. The molecule has 8 nitrogen and oxygen atoms in total. The number of fused-ring (bicyclic) bond motifs is 1. The topological polar surface area (TPSA) is 140 Å². The van der Waals surface area contributed by atoms with E-state index in [0.717, 1.165) is 18.7 Å². The second-order valence-electron chi connectivity index (χ2n) is 5.66. The number of carboxylic acids is 2. The maximum Gasteiger partial charge on any atom is 0.335 e. The summed E-state index contributed by atoms with van der Waals surface area (Å²) < 4.78 is 0. The third-order valence-electron chi connectivity index (χ3n) is 3.90. The van der Waals surface area contributed by atoms with Crippen molar-refractivity contribution < 1.29 is 30.0 Å². The van der Waals surface area contributed by atoms with Crippen LogP contribution in [0.1, 0.15) is 22.9 Å². The van der Waals surface area contributed by atoms with Crippen LogP contribution in [0.4, 0.5) is 0 Å². The molecule has 2 aromatic rings. The highest BCUT2D eigenvalue weighted by molar-refractivity contribution is 5.83. The van der Waals surface area contributed by atoms with E-state index in [1.54, 1.807) is 0 Å². The van der Waals surface area contributed by atoms with Gasteiger partial charge in [-0.15, -0.1) is 0 Å². The number of benzene rings is 1. The van der Waals surface area contributed by atoms with E-state index < -0.39 is 24.1 Å². The van der Waals surface area contributed by atoms with Crippen molar-refractivity contribution in [2.75, 3.05) is 6.54 Å². The molecular weight excluding hydrogens is 340 g/mol. The quantitative estimate of drug-likeness (QED) is 0.521. The van der Waals surface area contributed by atoms with E-state index in [-0.39, 0.29) is 6.04 Å². The van der Waals surface area contributed by atoms with Gasteiger partial charge in [0.2, 0.25) is 0 Å². The normalized spacial score (nSPS) is 17.8. The van der Waals surface area contributed by atoms with E-state index in [0.29, 0.717) is 0 Å². The number of aromatic nitrogens is 1. The van der Waals surface area contributed by atoms with E-state index in [1.165, 1.54) is 11.1 Å². The molecule has 3 atom stereocenters. The highest BCUT2D eigenvalue weighted by atomic mass is 16.4. The van der Waals surface area contributed by atoms with Gasteiger partial charge in [-0.05, 0) is 29.7 Å². The molecule has 0 saturated heterocycles. The molecule has 1 aromatic heterocycles. The molecule has 3 rings (SSSR count). The largest absolute Gasteiger partial charge is 0.479 e. The Labute approximate surface area is 149 Å². The molecule has 0 saturated carbocycles. The van der Waals surface area contributed by atoms with Gasteiger partial charge in [-0.1, -0.05) is 30.3 Å². The van der Waals surface area contributed by atoms with Crippen LogP contribution in [0, 0.1) is 0 Å². The number of aliphatic hydroxyl groups excluding tert-OH is 2. The minimum Gasteiger partial charge on any atom is -0.479 e. The molecule has 1 aliphatic rings. The molecule has 1 aromatic carbocycles. The zero-order valence-corrected chi connectivity index (χ0v) is 13.8. The first-order valence-corrected chi connectivity index (χ1v) is 7.95. The number of hydrogen-bond acceptors (Lipinski definition) is 6. The molecule has 0 fully saturated rings. The Morgan fingerprint density at radius 3 is 2.19 bits per heavy atom. The van der Waals surface area contributed by atoms with Crippen LogP contribution in [0.2, 0.25) is 0 Å². The maximum absolute atomic E-state index is 9.77. The second kappa shape index (κ2) is 9.04. The van der Waals surface area contributed by atoms with Gasteiger partial charge in [-0.3, -0.25) is 4.98 Å². The summed E-state index contributed by atoms with van der Waals surface area (Å²) in [6, 6.07) is 15.0. The summed E-state index contributed by atoms with van der Waals surface area (Å²) in [6.07, 6.45) is -1.57.